The van der Waals surface area contributed by atoms with E-state index >= 15 is 0 Å². The van der Waals surface area contributed by atoms with Crippen LogP contribution in [-0.2, 0) is 6.54 Å². The van der Waals surface area contributed by atoms with E-state index in [9.17, 15) is 4.79 Å². The van der Waals surface area contributed by atoms with Crippen LogP contribution in [0.3, 0.4) is 0 Å². The van der Waals surface area contributed by atoms with Crippen molar-refractivity contribution in [2.45, 2.75) is 26.8 Å². The summed E-state index contributed by atoms with van der Waals surface area (Å²) < 4.78 is 0. The molecular weight excluding hydrogens is 350 g/mol. The smallest absolute Gasteiger partial charge is 0.319 e. The summed E-state index contributed by atoms with van der Waals surface area (Å²) >= 11 is 0. The van der Waals surface area contributed by atoms with Gasteiger partial charge in [0.15, 0.2) is 0 Å². The number of nitrogens with zero attached hydrogens (tertiary/aromatic N) is 2. The van der Waals surface area contributed by atoms with Gasteiger partial charge in [0.05, 0.1) is 17.4 Å². The van der Waals surface area contributed by atoms with Gasteiger partial charge in [-0.2, -0.15) is 0 Å². The molecule has 0 spiro atoms. The lowest BCUT2D eigenvalue weighted by Gasteiger charge is -2.17. The largest absolute Gasteiger partial charge is 0.345 e. The van der Waals surface area contributed by atoms with Gasteiger partial charge in [-0.05, 0) is 55.5 Å². The fraction of sp³-hybridized carbons (Fsp3) is 0.364. The van der Waals surface area contributed by atoms with Gasteiger partial charge in [0.2, 0.25) is 0 Å². The number of H-pyrrole nitrogens is 1. The van der Waals surface area contributed by atoms with Crippen LogP contribution < -0.4 is 10.6 Å². The molecule has 3 aromatic rings. The number of nitrogens with one attached hydrogen (secondary N) is 3. The molecule has 28 heavy (non-hydrogen) atoms. The van der Waals surface area contributed by atoms with Crippen LogP contribution in [0, 0.1) is 19.8 Å². The molecule has 4 rings (SSSR count). The first-order chi connectivity index (χ1) is 13.6. The second kappa shape index (κ2) is 8.02. The number of hydrogen-bond donors (Lipinski definition) is 3. The molecule has 3 N–H and O–H groups in total. The van der Waals surface area contributed by atoms with E-state index < -0.39 is 0 Å². The molecule has 6 heteroatoms. The second-order valence-corrected chi connectivity index (χ2v) is 7.68. The van der Waals surface area contributed by atoms with Crippen molar-refractivity contribution in [2.24, 2.45) is 5.92 Å². The molecule has 1 fully saturated rings. The van der Waals surface area contributed by atoms with Crippen LogP contribution in [0.15, 0.2) is 42.7 Å². The first kappa shape index (κ1) is 18.5. The van der Waals surface area contributed by atoms with Crippen molar-refractivity contribution in [3.05, 3.63) is 59.4 Å². The van der Waals surface area contributed by atoms with E-state index in [2.05, 4.69) is 49.8 Å². The lowest BCUT2D eigenvalue weighted by atomic mass is 10.1. The standard InChI is InChI=1S/C22H27N5O/c1-15-16(2)21-20(24-14-25-21)10-19(15)26-22(28)23-11-18-8-9-27(13-18)12-17-6-4-3-5-7-17/h3-7,10,14,18H,8-9,11-13H2,1-2H3,(H,24,25)(H2,23,26,28)/t18-/m0/s1. The molecule has 1 aliphatic heterocycles. The van der Waals surface area contributed by atoms with E-state index in [0.717, 1.165) is 53.9 Å². The number of likely N-dealkylation sites (tertiary alicyclic amines) is 1. The van der Waals surface area contributed by atoms with Gasteiger partial charge in [-0.25, -0.2) is 9.78 Å². The van der Waals surface area contributed by atoms with Crippen LogP contribution in [0.4, 0.5) is 10.5 Å². The van der Waals surface area contributed by atoms with E-state index in [1.807, 2.05) is 26.0 Å². The minimum absolute atomic E-state index is 0.150. The maximum atomic E-state index is 12.4. The Balaban J connectivity index is 1.29. The minimum atomic E-state index is -0.150. The van der Waals surface area contributed by atoms with Crippen molar-refractivity contribution >= 4 is 22.8 Å². The van der Waals surface area contributed by atoms with Crippen LogP contribution in [0.2, 0.25) is 0 Å². The molecule has 0 aliphatic carbocycles. The van der Waals surface area contributed by atoms with E-state index in [0.29, 0.717) is 12.5 Å². The summed E-state index contributed by atoms with van der Waals surface area (Å²) in [7, 11) is 0. The summed E-state index contributed by atoms with van der Waals surface area (Å²) in [6.07, 6.45) is 2.80. The summed E-state index contributed by atoms with van der Waals surface area (Å²) in [5.74, 6) is 0.493. The monoisotopic (exact) mass is 377 g/mol. The highest BCUT2D eigenvalue weighted by Crippen LogP contribution is 2.26. The molecular formula is C22H27N5O. The summed E-state index contributed by atoms with van der Waals surface area (Å²) in [6.45, 7) is 7.82. The number of aryl methyl sites for hydroxylation is 1. The Morgan fingerprint density at radius 1 is 1.25 bits per heavy atom. The Labute approximate surface area is 165 Å². The zero-order valence-corrected chi connectivity index (χ0v) is 16.5. The molecule has 1 aliphatic rings. The van der Waals surface area contributed by atoms with Gasteiger partial charge < -0.3 is 15.6 Å². The Bertz CT molecular complexity index is 966. The van der Waals surface area contributed by atoms with Crippen LogP contribution >= 0.6 is 0 Å². The topological polar surface area (TPSA) is 73.1 Å². The summed E-state index contributed by atoms with van der Waals surface area (Å²) in [5.41, 5.74) is 6.18. The average molecular weight is 377 g/mol. The number of anilines is 1. The molecule has 1 atom stereocenters. The van der Waals surface area contributed by atoms with Gasteiger partial charge in [0.25, 0.3) is 0 Å². The Morgan fingerprint density at radius 2 is 2.07 bits per heavy atom. The predicted molar refractivity (Wildman–Crippen MR) is 112 cm³/mol. The zero-order chi connectivity index (χ0) is 19.5. The number of aromatic nitrogens is 2. The predicted octanol–water partition coefficient (Wildman–Crippen LogP) is 3.82. The van der Waals surface area contributed by atoms with Gasteiger partial charge in [-0.15, -0.1) is 0 Å². The Hall–Kier alpha value is -2.86. The molecule has 0 radical (unpaired) electrons. The van der Waals surface area contributed by atoms with E-state index in [1.165, 1.54) is 5.56 Å². The summed E-state index contributed by atoms with van der Waals surface area (Å²) in [6, 6.07) is 12.3. The van der Waals surface area contributed by atoms with E-state index in [-0.39, 0.29) is 6.03 Å². The second-order valence-electron chi connectivity index (χ2n) is 7.68. The van der Waals surface area contributed by atoms with Crippen molar-refractivity contribution in [2.75, 3.05) is 25.0 Å². The number of hydrogen-bond acceptors (Lipinski definition) is 3. The molecule has 2 aromatic carbocycles. The van der Waals surface area contributed by atoms with Crippen molar-refractivity contribution in [3.63, 3.8) is 0 Å². The third-order valence-electron chi connectivity index (χ3n) is 5.70. The number of carbonyl (C=O) groups is 1. The maximum Gasteiger partial charge on any atom is 0.319 e. The number of rotatable bonds is 5. The highest BCUT2D eigenvalue weighted by atomic mass is 16.2. The molecule has 6 nitrogen and oxygen atoms in total. The van der Waals surface area contributed by atoms with Crippen LogP contribution in [0.5, 0.6) is 0 Å². The highest BCUT2D eigenvalue weighted by molar-refractivity contribution is 5.94. The average Bonchev–Trinajstić information content (AvgIpc) is 3.34. The molecule has 0 bridgehead atoms. The quantitative estimate of drug-likeness (QED) is 0.633. The third-order valence-corrected chi connectivity index (χ3v) is 5.70. The Morgan fingerprint density at radius 3 is 2.89 bits per heavy atom. The Kier molecular flexibility index (Phi) is 5.30. The van der Waals surface area contributed by atoms with Crippen LogP contribution in [-0.4, -0.2) is 40.5 Å². The first-order valence-electron chi connectivity index (χ1n) is 9.84. The van der Waals surface area contributed by atoms with Gasteiger partial charge in [0.1, 0.15) is 0 Å². The van der Waals surface area contributed by atoms with Crippen LogP contribution in [0.25, 0.3) is 11.0 Å². The number of benzene rings is 2. The molecule has 0 unspecified atom stereocenters. The number of fused-ring (bicyclic) bond motifs is 1. The molecule has 146 valence electrons. The lowest BCUT2D eigenvalue weighted by molar-refractivity contribution is 0.249. The third kappa shape index (κ3) is 4.02. The van der Waals surface area contributed by atoms with Gasteiger partial charge in [-0.3, -0.25) is 4.90 Å². The van der Waals surface area contributed by atoms with Crippen molar-refractivity contribution < 1.29 is 4.79 Å². The maximum absolute atomic E-state index is 12.4. The normalized spacial score (nSPS) is 17.1. The number of amides is 2. The fourth-order valence-corrected chi connectivity index (χ4v) is 3.94. The SMILES string of the molecule is Cc1c(NC(=O)NC[C@@H]2CCN(Cc3ccccc3)C2)cc2[nH]cnc2c1C. The number of imidazole rings is 1. The minimum Gasteiger partial charge on any atom is -0.345 e. The molecule has 1 saturated heterocycles. The number of urea groups is 1. The van der Waals surface area contributed by atoms with E-state index in [4.69, 9.17) is 0 Å². The molecule has 2 amide bonds. The lowest BCUT2D eigenvalue weighted by Crippen LogP contribution is -2.34. The summed E-state index contributed by atoms with van der Waals surface area (Å²) in [4.78, 5) is 22.3. The van der Waals surface area contributed by atoms with E-state index in [1.54, 1.807) is 6.33 Å². The molecule has 2 heterocycles. The number of carbonyl (C=O) groups excluding carboxylic acids is 1. The number of aromatic amines is 1. The van der Waals surface area contributed by atoms with Crippen LogP contribution in [0.1, 0.15) is 23.1 Å². The van der Waals surface area contributed by atoms with Gasteiger partial charge >= 0.3 is 6.03 Å². The molecule has 0 saturated carbocycles. The summed E-state index contributed by atoms with van der Waals surface area (Å²) in [5, 5.41) is 6.04. The van der Waals surface area contributed by atoms with Crippen molar-refractivity contribution in [1.82, 2.24) is 20.2 Å². The van der Waals surface area contributed by atoms with Crippen molar-refractivity contribution in [1.29, 1.82) is 0 Å². The van der Waals surface area contributed by atoms with Gasteiger partial charge in [-0.1, -0.05) is 30.3 Å². The highest BCUT2D eigenvalue weighted by Gasteiger charge is 2.23. The molecule has 1 aromatic heterocycles. The van der Waals surface area contributed by atoms with Gasteiger partial charge in [0, 0.05) is 25.3 Å². The van der Waals surface area contributed by atoms with Crippen molar-refractivity contribution in [3.8, 4) is 0 Å². The zero-order valence-electron chi connectivity index (χ0n) is 16.5. The fourth-order valence-electron chi connectivity index (χ4n) is 3.94. The first-order valence-corrected chi connectivity index (χ1v) is 9.84.